The summed E-state index contributed by atoms with van der Waals surface area (Å²) in [6, 6.07) is 5.13. The van der Waals surface area contributed by atoms with Crippen LogP contribution in [0.3, 0.4) is 0 Å². The van der Waals surface area contributed by atoms with Crippen molar-refractivity contribution in [2.45, 2.75) is 44.3 Å². The first-order valence-electron chi connectivity index (χ1n) is 5.65. The van der Waals surface area contributed by atoms with Crippen molar-refractivity contribution in [2.24, 2.45) is 0 Å². The van der Waals surface area contributed by atoms with Gasteiger partial charge in [0, 0.05) is 0 Å². The molecule has 0 aliphatic heterocycles. The summed E-state index contributed by atoms with van der Waals surface area (Å²) < 4.78 is 32.1. The van der Waals surface area contributed by atoms with E-state index in [2.05, 4.69) is 26.9 Å². The Bertz CT molecular complexity index is 519. The van der Waals surface area contributed by atoms with Crippen LogP contribution >= 0.6 is 0 Å². The molecule has 1 aromatic rings. The monoisotopic (exact) mass is 272 g/mol. The molecule has 0 unspecified atom stereocenters. The lowest BCUT2D eigenvalue weighted by molar-refractivity contribution is 0.484. The third-order valence-corrected chi connectivity index (χ3v) is 9.33. The molecule has 0 bridgehead atoms. The fourth-order valence-corrected chi connectivity index (χ4v) is 5.38. The summed E-state index contributed by atoms with van der Waals surface area (Å²) in [7, 11) is -6.01. The van der Waals surface area contributed by atoms with Gasteiger partial charge < -0.3 is 0 Å². The molecular weight excluding hydrogens is 252 g/mol. The topological polar surface area (TPSA) is 54.4 Å². The highest BCUT2D eigenvalue weighted by atomic mass is 32.2. The van der Waals surface area contributed by atoms with Crippen LogP contribution in [-0.2, 0) is 10.1 Å². The first-order valence-corrected chi connectivity index (χ1v) is 10.2. The Hall–Kier alpha value is -0.653. The summed E-state index contributed by atoms with van der Waals surface area (Å²) in [6.07, 6.45) is 0. The Labute approximate surface area is 105 Å². The van der Waals surface area contributed by atoms with Crippen LogP contribution in [0.4, 0.5) is 0 Å². The molecule has 0 aliphatic rings. The van der Waals surface area contributed by atoms with Crippen molar-refractivity contribution in [2.75, 3.05) is 0 Å². The Kier molecular flexibility index (Phi) is 3.86. The Morgan fingerprint density at radius 1 is 1.24 bits per heavy atom. The second-order valence-electron chi connectivity index (χ2n) is 5.35. The van der Waals surface area contributed by atoms with Crippen LogP contribution in [-0.4, -0.2) is 21.0 Å². The van der Waals surface area contributed by atoms with Gasteiger partial charge >= 0.3 is 0 Å². The molecule has 5 heteroatoms. The molecule has 0 atom stereocenters. The molecule has 0 saturated carbocycles. The molecule has 3 nitrogen and oxygen atoms in total. The summed E-state index contributed by atoms with van der Waals surface area (Å²) >= 11 is 0. The fourth-order valence-electron chi connectivity index (χ4n) is 1.68. The zero-order valence-electron chi connectivity index (χ0n) is 11.0. The van der Waals surface area contributed by atoms with E-state index in [1.54, 1.807) is 6.07 Å². The number of rotatable bonds is 3. The smallest absolute Gasteiger partial charge is 0.282 e. The van der Waals surface area contributed by atoms with Crippen LogP contribution < -0.4 is 5.19 Å². The van der Waals surface area contributed by atoms with Crippen molar-refractivity contribution in [3.63, 3.8) is 0 Å². The lowest BCUT2D eigenvalue weighted by atomic mass is 10.2. The van der Waals surface area contributed by atoms with Gasteiger partial charge in [-0.15, -0.1) is 0 Å². The molecule has 0 spiro atoms. The second kappa shape index (κ2) is 4.55. The third-order valence-electron chi connectivity index (χ3n) is 3.55. The van der Waals surface area contributed by atoms with Crippen molar-refractivity contribution in [1.29, 1.82) is 0 Å². The zero-order valence-corrected chi connectivity index (χ0v) is 12.8. The van der Waals surface area contributed by atoms with Crippen LogP contribution in [0.15, 0.2) is 23.1 Å². The predicted octanol–water partition coefficient (Wildman–Crippen LogP) is 2.57. The summed E-state index contributed by atoms with van der Waals surface area (Å²) in [4.78, 5) is 0.0773. The molecule has 1 aromatic carbocycles. The van der Waals surface area contributed by atoms with Crippen LogP contribution in [0, 0.1) is 6.92 Å². The van der Waals surface area contributed by atoms with E-state index in [9.17, 15) is 13.0 Å². The molecule has 1 rings (SSSR count). The van der Waals surface area contributed by atoms with Gasteiger partial charge in [0.1, 0.15) is 0 Å². The van der Waals surface area contributed by atoms with E-state index in [0.29, 0.717) is 5.54 Å². The quantitative estimate of drug-likeness (QED) is 0.679. The van der Waals surface area contributed by atoms with E-state index in [-0.39, 0.29) is 4.90 Å². The van der Waals surface area contributed by atoms with Crippen molar-refractivity contribution in [1.82, 2.24) is 0 Å². The maximum atomic E-state index is 11.4. The van der Waals surface area contributed by atoms with Crippen LogP contribution in [0.25, 0.3) is 0 Å². The lowest BCUT2D eigenvalue weighted by Gasteiger charge is -2.29. The standard InChI is InChI=1S/C12H20O3SSi/c1-9(2)17(4,5)12-8-10(3)6-7-11(12)16(13,14)15/h6-9H,1-5H3,(H,13,14,15). The SMILES string of the molecule is Cc1ccc(S(=O)(=O)O)c([Si](C)(C)C(C)C)c1. The average Bonchev–Trinajstić information content (AvgIpc) is 2.15. The van der Waals surface area contributed by atoms with Gasteiger partial charge in [-0.3, -0.25) is 4.55 Å². The highest BCUT2D eigenvalue weighted by Crippen LogP contribution is 2.23. The van der Waals surface area contributed by atoms with Gasteiger partial charge in [-0.05, 0) is 23.7 Å². The summed E-state index contributed by atoms with van der Waals surface area (Å²) in [5, 5.41) is 0.815. The van der Waals surface area contributed by atoms with E-state index in [1.165, 1.54) is 6.07 Å². The highest BCUT2D eigenvalue weighted by molar-refractivity contribution is 7.86. The van der Waals surface area contributed by atoms with Gasteiger partial charge in [0.25, 0.3) is 10.1 Å². The van der Waals surface area contributed by atoms with Crippen molar-refractivity contribution in [3.05, 3.63) is 23.8 Å². The van der Waals surface area contributed by atoms with E-state index in [0.717, 1.165) is 10.8 Å². The number of hydrogen-bond acceptors (Lipinski definition) is 2. The van der Waals surface area contributed by atoms with Gasteiger partial charge in [0.05, 0.1) is 13.0 Å². The normalized spacial score (nSPS) is 13.1. The zero-order chi connectivity index (χ0) is 13.4. The fraction of sp³-hybridized carbons (Fsp3) is 0.500. The maximum absolute atomic E-state index is 11.4. The molecular formula is C12H20O3SSi. The molecule has 0 aliphatic carbocycles. The third kappa shape index (κ3) is 2.97. The number of aryl methyl sites for hydroxylation is 1. The van der Waals surface area contributed by atoms with Gasteiger partial charge in [-0.25, -0.2) is 0 Å². The first-order chi connectivity index (χ1) is 7.56. The summed E-state index contributed by atoms with van der Waals surface area (Å²) in [6.45, 7) is 10.4. The molecule has 0 fully saturated rings. The average molecular weight is 272 g/mol. The highest BCUT2D eigenvalue weighted by Gasteiger charge is 2.32. The molecule has 1 N–H and O–H groups in total. The molecule has 0 aromatic heterocycles. The van der Waals surface area contributed by atoms with E-state index in [4.69, 9.17) is 0 Å². The molecule has 0 radical (unpaired) electrons. The number of benzene rings is 1. The second-order valence-corrected chi connectivity index (χ2v) is 11.9. The largest absolute Gasteiger partial charge is 0.294 e. The summed E-state index contributed by atoms with van der Waals surface area (Å²) in [5.41, 5.74) is 1.43. The molecule has 0 saturated heterocycles. The minimum absolute atomic E-state index is 0.0773. The van der Waals surface area contributed by atoms with Gasteiger partial charge in [-0.1, -0.05) is 44.6 Å². The Morgan fingerprint density at radius 2 is 1.76 bits per heavy atom. The predicted molar refractivity (Wildman–Crippen MR) is 73.2 cm³/mol. The minimum Gasteiger partial charge on any atom is -0.282 e. The van der Waals surface area contributed by atoms with Gasteiger partial charge in [0.15, 0.2) is 0 Å². The van der Waals surface area contributed by atoms with Crippen LogP contribution in [0.5, 0.6) is 0 Å². The van der Waals surface area contributed by atoms with Crippen molar-refractivity contribution >= 4 is 23.4 Å². The summed E-state index contributed by atoms with van der Waals surface area (Å²) in [5.74, 6) is 0. The molecule has 96 valence electrons. The van der Waals surface area contributed by atoms with Crippen molar-refractivity contribution in [3.8, 4) is 0 Å². The van der Waals surface area contributed by atoms with Crippen LogP contribution in [0.2, 0.25) is 18.6 Å². The lowest BCUT2D eigenvalue weighted by Crippen LogP contribution is -2.46. The van der Waals surface area contributed by atoms with Crippen molar-refractivity contribution < 1.29 is 13.0 Å². The molecule has 0 amide bonds. The Balaban J connectivity index is 3.57. The van der Waals surface area contributed by atoms with E-state index >= 15 is 0 Å². The molecule has 17 heavy (non-hydrogen) atoms. The molecule has 0 heterocycles. The van der Waals surface area contributed by atoms with E-state index in [1.807, 2.05) is 13.0 Å². The van der Waals surface area contributed by atoms with Gasteiger partial charge in [-0.2, -0.15) is 8.42 Å². The van der Waals surface area contributed by atoms with Crippen LogP contribution in [0.1, 0.15) is 19.4 Å². The first kappa shape index (κ1) is 14.4. The van der Waals surface area contributed by atoms with E-state index < -0.39 is 18.2 Å². The minimum atomic E-state index is -4.13. The Morgan fingerprint density at radius 3 is 2.18 bits per heavy atom. The van der Waals surface area contributed by atoms with Gasteiger partial charge in [0.2, 0.25) is 0 Å². The number of hydrogen-bond donors (Lipinski definition) is 1. The maximum Gasteiger partial charge on any atom is 0.294 e.